The SMILES string of the molecule is CC1C(=O)Nc2ccc(S(=O)(=O)N3CCC(C)(O)C3)cc21. The molecule has 1 aromatic carbocycles. The van der Waals surface area contributed by atoms with Crippen molar-refractivity contribution in [3.05, 3.63) is 23.8 Å². The monoisotopic (exact) mass is 310 g/mol. The van der Waals surface area contributed by atoms with Crippen LogP contribution >= 0.6 is 0 Å². The number of carbonyl (C=O) groups is 1. The first-order chi connectivity index (χ1) is 9.71. The number of hydrogen-bond acceptors (Lipinski definition) is 4. The van der Waals surface area contributed by atoms with Gasteiger partial charge in [-0.1, -0.05) is 0 Å². The Kier molecular flexibility index (Phi) is 3.12. The highest BCUT2D eigenvalue weighted by atomic mass is 32.2. The molecule has 0 bridgehead atoms. The molecule has 1 fully saturated rings. The molecule has 6 nitrogen and oxygen atoms in total. The highest BCUT2D eigenvalue weighted by molar-refractivity contribution is 7.89. The summed E-state index contributed by atoms with van der Waals surface area (Å²) in [5, 5.41) is 12.7. The van der Waals surface area contributed by atoms with Crippen LogP contribution in [-0.2, 0) is 14.8 Å². The zero-order chi connectivity index (χ0) is 15.4. The van der Waals surface area contributed by atoms with Gasteiger partial charge in [-0.15, -0.1) is 0 Å². The van der Waals surface area contributed by atoms with Crippen molar-refractivity contribution < 1.29 is 18.3 Å². The molecule has 1 amide bonds. The Labute approximate surface area is 123 Å². The molecule has 2 N–H and O–H groups in total. The molecule has 2 aliphatic rings. The molecule has 0 radical (unpaired) electrons. The number of aliphatic hydroxyl groups is 1. The van der Waals surface area contributed by atoms with Gasteiger partial charge in [0.25, 0.3) is 0 Å². The quantitative estimate of drug-likeness (QED) is 0.849. The molecule has 114 valence electrons. The summed E-state index contributed by atoms with van der Waals surface area (Å²) in [6.45, 7) is 3.78. The van der Waals surface area contributed by atoms with Gasteiger partial charge >= 0.3 is 0 Å². The van der Waals surface area contributed by atoms with Gasteiger partial charge in [-0.3, -0.25) is 4.79 Å². The molecule has 2 unspecified atom stereocenters. The Morgan fingerprint density at radius 1 is 1.43 bits per heavy atom. The zero-order valence-electron chi connectivity index (χ0n) is 12.0. The van der Waals surface area contributed by atoms with E-state index in [4.69, 9.17) is 0 Å². The fourth-order valence-corrected chi connectivity index (χ4v) is 4.41. The van der Waals surface area contributed by atoms with E-state index in [0.29, 0.717) is 24.2 Å². The molecular formula is C14H18N2O4S. The average molecular weight is 310 g/mol. The molecule has 1 aromatic rings. The van der Waals surface area contributed by atoms with Gasteiger partial charge in [-0.2, -0.15) is 4.31 Å². The third kappa shape index (κ3) is 2.35. The minimum Gasteiger partial charge on any atom is -0.389 e. The predicted octanol–water partition coefficient (Wildman–Crippen LogP) is 0.888. The predicted molar refractivity (Wildman–Crippen MR) is 77.5 cm³/mol. The van der Waals surface area contributed by atoms with Gasteiger partial charge in [0.15, 0.2) is 0 Å². The maximum absolute atomic E-state index is 12.6. The lowest BCUT2D eigenvalue weighted by Gasteiger charge is -2.19. The van der Waals surface area contributed by atoms with Crippen LogP contribution in [0.15, 0.2) is 23.1 Å². The second-order valence-electron chi connectivity index (χ2n) is 6.05. The van der Waals surface area contributed by atoms with Gasteiger partial charge < -0.3 is 10.4 Å². The van der Waals surface area contributed by atoms with Gasteiger partial charge in [0.05, 0.1) is 16.4 Å². The molecule has 2 aliphatic heterocycles. The van der Waals surface area contributed by atoms with E-state index in [0.717, 1.165) is 0 Å². The Bertz CT molecular complexity index is 712. The second kappa shape index (κ2) is 4.53. The molecule has 3 rings (SSSR count). The van der Waals surface area contributed by atoms with Gasteiger partial charge in [0.2, 0.25) is 15.9 Å². The summed E-state index contributed by atoms with van der Waals surface area (Å²) < 4.78 is 26.5. The smallest absolute Gasteiger partial charge is 0.243 e. The number of nitrogens with one attached hydrogen (secondary N) is 1. The molecule has 0 aliphatic carbocycles. The summed E-state index contributed by atoms with van der Waals surface area (Å²) in [7, 11) is -3.64. The van der Waals surface area contributed by atoms with Crippen LogP contribution in [0.3, 0.4) is 0 Å². The van der Waals surface area contributed by atoms with E-state index in [1.54, 1.807) is 26.0 Å². The normalized spacial score (nSPS) is 29.5. The topological polar surface area (TPSA) is 86.7 Å². The maximum Gasteiger partial charge on any atom is 0.243 e. The number of carbonyl (C=O) groups excluding carboxylic acids is 1. The Hall–Kier alpha value is -1.44. The third-order valence-corrected chi connectivity index (χ3v) is 6.04. The molecule has 0 aromatic heterocycles. The Morgan fingerprint density at radius 2 is 2.14 bits per heavy atom. The third-order valence-electron chi connectivity index (χ3n) is 4.20. The summed E-state index contributed by atoms with van der Waals surface area (Å²) in [6, 6.07) is 4.68. The van der Waals surface area contributed by atoms with Crippen LogP contribution in [0.5, 0.6) is 0 Å². The van der Waals surface area contributed by atoms with Gasteiger partial charge in [-0.25, -0.2) is 8.42 Å². The summed E-state index contributed by atoms with van der Waals surface area (Å²) in [6.07, 6.45) is 0.424. The lowest BCUT2D eigenvalue weighted by molar-refractivity contribution is -0.116. The van der Waals surface area contributed by atoms with Crippen molar-refractivity contribution in [2.75, 3.05) is 18.4 Å². The molecule has 0 saturated carbocycles. The lowest BCUT2D eigenvalue weighted by Crippen LogP contribution is -2.33. The molecule has 7 heteroatoms. The van der Waals surface area contributed by atoms with Crippen LogP contribution in [0.25, 0.3) is 0 Å². The van der Waals surface area contributed by atoms with Crippen molar-refractivity contribution in [2.45, 2.75) is 36.7 Å². The number of rotatable bonds is 2. The van der Waals surface area contributed by atoms with E-state index in [2.05, 4.69) is 5.32 Å². The number of anilines is 1. The number of benzene rings is 1. The van der Waals surface area contributed by atoms with Gasteiger partial charge in [0.1, 0.15) is 0 Å². The highest BCUT2D eigenvalue weighted by Crippen LogP contribution is 2.35. The molecule has 0 spiro atoms. The average Bonchev–Trinajstić information content (AvgIpc) is 2.91. The van der Waals surface area contributed by atoms with E-state index in [-0.39, 0.29) is 23.3 Å². The van der Waals surface area contributed by atoms with Crippen LogP contribution < -0.4 is 5.32 Å². The summed E-state index contributed by atoms with van der Waals surface area (Å²) in [4.78, 5) is 11.8. The fraction of sp³-hybridized carbons (Fsp3) is 0.500. The summed E-state index contributed by atoms with van der Waals surface area (Å²) >= 11 is 0. The second-order valence-corrected chi connectivity index (χ2v) is 7.98. The van der Waals surface area contributed by atoms with E-state index < -0.39 is 15.6 Å². The van der Waals surface area contributed by atoms with Crippen molar-refractivity contribution >= 4 is 21.6 Å². The number of hydrogen-bond donors (Lipinski definition) is 2. The largest absolute Gasteiger partial charge is 0.389 e. The van der Waals surface area contributed by atoms with E-state index in [1.165, 1.54) is 10.4 Å². The number of nitrogens with zero attached hydrogens (tertiary/aromatic N) is 1. The van der Waals surface area contributed by atoms with Crippen molar-refractivity contribution in [1.29, 1.82) is 0 Å². The van der Waals surface area contributed by atoms with E-state index >= 15 is 0 Å². The van der Waals surface area contributed by atoms with Gasteiger partial charge in [-0.05, 0) is 44.0 Å². The van der Waals surface area contributed by atoms with Crippen LogP contribution in [0.1, 0.15) is 31.7 Å². The van der Waals surface area contributed by atoms with Crippen LogP contribution in [0.4, 0.5) is 5.69 Å². The van der Waals surface area contributed by atoms with Crippen molar-refractivity contribution in [3.63, 3.8) is 0 Å². The molecule has 21 heavy (non-hydrogen) atoms. The Balaban J connectivity index is 1.97. The fourth-order valence-electron chi connectivity index (χ4n) is 2.81. The van der Waals surface area contributed by atoms with E-state index in [1.807, 2.05) is 0 Å². The van der Waals surface area contributed by atoms with Gasteiger partial charge in [0, 0.05) is 18.8 Å². The van der Waals surface area contributed by atoms with Crippen LogP contribution in [-0.4, -0.2) is 42.4 Å². The molecule has 2 heterocycles. The number of fused-ring (bicyclic) bond motifs is 1. The van der Waals surface area contributed by atoms with Crippen molar-refractivity contribution in [1.82, 2.24) is 4.31 Å². The highest BCUT2D eigenvalue weighted by Gasteiger charge is 2.39. The first-order valence-corrected chi connectivity index (χ1v) is 8.32. The number of sulfonamides is 1. The first kappa shape index (κ1) is 14.5. The number of β-amino-alcohol motifs (C(OH)–C–C–N with tert-alkyl or cyclic N) is 1. The molecule has 2 atom stereocenters. The zero-order valence-corrected chi connectivity index (χ0v) is 12.8. The number of amides is 1. The minimum absolute atomic E-state index is 0.0964. The maximum atomic E-state index is 12.6. The van der Waals surface area contributed by atoms with Crippen molar-refractivity contribution in [2.24, 2.45) is 0 Å². The molecule has 1 saturated heterocycles. The van der Waals surface area contributed by atoms with Crippen molar-refractivity contribution in [3.8, 4) is 0 Å². The lowest BCUT2D eigenvalue weighted by atomic mass is 10.0. The summed E-state index contributed by atoms with van der Waals surface area (Å²) in [5.74, 6) is -0.472. The first-order valence-electron chi connectivity index (χ1n) is 6.88. The standard InChI is InChI=1S/C14H18N2O4S/c1-9-11-7-10(3-4-12(11)15-13(9)17)21(19,20)16-6-5-14(2,18)8-16/h3-4,7,9,18H,5-6,8H2,1-2H3,(H,15,17). The van der Waals surface area contributed by atoms with Crippen LogP contribution in [0, 0.1) is 0 Å². The Morgan fingerprint density at radius 3 is 2.76 bits per heavy atom. The minimum atomic E-state index is -3.64. The van der Waals surface area contributed by atoms with Crippen LogP contribution in [0.2, 0.25) is 0 Å². The van der Waals surface area contributed by atoms with E-state index in [9.17, 15) is 18.3 Å². The summed E-state index contributed by atoms with van der Waals surface area (Å²) in [5.41, 5.74) is 0.390. The molecular weight excluding hydrogens is 292 g/mol.